The van der Waals surface area contributed by atoms with E-state index in [2.05, 4.69) is 4.98 Å². The zero-order valence-electron chi connectivity index (χ0n) is 11.1. The van der Waals surface area contributed by atoms with Gasteiger partial charge in [0.15, 0.2) is 0 Å². The molecule has 4 N–H and O–H groups in total. The van der Waals surface area contributed by atoms with E-state index in [1.807, 2.05) is 18.0 Å². The number of nitrogens with one attached hydrogen (secondary N) is 1. The molecule has 0 aromatic carbocycles. The van der Waals surface area contributed by atoms with E-state index in [1.54, 1.807) is 12.3 Å². The predicted octanol–water partition coefficient (Wildman–Crippen LogP) is 0.343. The quantitative estimate of drug-likeness (QED) is 0.538. The van der Waals surface area contributed by atoms with Crippen molar-refractivity contribution in [2.45, 2.75) is 18.4 Å². The lowest BCUT2D eigenvalue weighted by molar-refractivity contribution is -0.0572. The average Bonchev–Trinajstić information content (AvgIpc) is 2.39. The Balaban J connectivity index is 2.02. The van der Waals surface area contributed by atoms with Crippen LogP contribution >= 0.6 is 0 Å². The molecule has 19 heavy (non-hydrogen) atoms. The number of anilines is 1. The molecule has 6 nitrogen and oxygen atoms in total. The number of ether oxygens (including phenoxy) is 1. The van der Waals surface area contributed by atoms with Gasteiger partial charge >= 0.3 is 0 Å². The van der Waals surface area contributed by atoms with Crippen LogP contribution in [-0.2, 0) is 4.74 Å². The van der Waals surface area contributed by atoms with Gasteiger partial charge in [-0.3, -0.25) is 10.4 Å². The van der Waals surface area contributed by atoms with Gasteiger partial charge in [0.1, 0.15) is 11.5 Å². The minimum atomic E-state index is -0.702. The van der Waals surface area contributed by atoms with Crippen LogP contribution in [0.5, 0.6) is 0 Å². The molecular formula is C13H20N4O2. The third kappa shape index (κ3) is 3.42. The predicted molar refractivity (Wildman–Crippen MR) is 73.5 cm³/mol. The van der Waals surface area contributed by atoms with Crippen LogP contribution in [0.4, 0.5) is 5.69 Å². The summed E-state index contributed by atoms with van der Waals surface area (Å²) in [6.07, 6.45) is 2.96. The summed E-state index contributed by atoms with van der Waals surface area (Å²) < 4.78 is 5.27. The van der Waals surface area contributed by atoms with E-state index in [0.717, 1.165) is 5.69 Å². The van der Waals surface area contributed by atoms with E-state index in [9.17, 15) is 5.11 Å². The van der Waals surface area contributed by atoms with E-state index in [1.165, 1.54) is 0 Å². The van der Waals surface area contributed by atoms with Crippen LogP contribution < -0.4 is 10.6 Å². The fourth-order valence-corrected chi connectivity index (χ4v) is 2.21. The first-order chi connectivity index (χ1) is 9.00. The minimum absolute atomic E-state index is 0.0442. The van der Waals surface area contributed by atoms with Gasteiger partial charge in [-0.05, 0) is 12.1 Å². The normalized spacial score (nSPS) is 18.0. The van der Waals surface area contributed by atoms with Gasteiger partial charge in [0, 0.05) is 39.6 Å². The van der Waals surface area contributed by atoms with Crippen molar-refractivity contribution in [2.24, 2.45) is 5.73 Å². The molecule has 0 radical (unpaired) electrons. The number of pyridine rings is 1. The molecule has 6 heteroatoms. The van der Waals surface area contributed by atoms with Crippen molar-refractivity contribution >= 4 is 11.5 Å². The fourth-order valence-electron chi connectivity index (χ4n) is 2.21. The number of nitrogen functional groups attached to an aromatic ring is 1. The Morgan fingerprint density at radius 2 is 2.21 bits per heavy atom. The highest BCUT2D eigenvalue weighted by atomic mass is 16.5. The largest absolute Gasteiger partial charge is 0.388 e. The summed E-state index contributed by atoms with van der Waals surface area (Å²) in [5.41, 5.74) is 6.02. The second-order valence-corrected chi connectivity index (χ2v) is 5.01. The average molecular weight is 264 g/mol. The number of rotatable bonds is 4. The Morgan fingerprint density at radius 1 is 1.53 bits per heavy atom. The van der Waals surface area contributed by atoms with E-state index in [0.29, 0.717) is 38.3 Å². The molecule has 0 spiro atoms. The Morgan fingerprint density at radius 3 is 2.74 bits per heavy atom. The number of nitrogens with two attached hydrogens (primary N) is 1. The van der Waals surface area contributed by atoms with Crippen molar-refractivity contribution < 1.29 is 9.84 Å². The third-order valence-corrected chi connectivity index (χ3v) is 3.42. The minimum Gasteiger partial charge on any atom is -0.388 e. The van der Waals surface area contributed by atoms with Crippen LogP contribution in [0.25, 0.3) is 0 Å². The summed E-state index contributed by atoms with van der Waals surface area (Å²) >= 11 is 0. The molecule has 0 unspecified atom stereocenters. The first kappa shape index (κ1) is 13.8. The Bertz CT molecular complexity index is 440. The van der Waals surface area contributed by atoms with Gasteiger partial charge < -0.3 is 20.5 Å². The molecule has 0 amide bonds. The summed E-state index contributed by atoms with van der Waals surface area (Å²) in [5, 5.41) is 17.7. The molecule has 0 atom stereocenters. The molecule has 0 aliphatic carbocycles. The first-order valence-electron chi connectivity index (χ1n) is 6.32. The maximum atomic E-state index is 10.4. The molecule has 2 rings (SSSR count). The highest BCUT2D eigenvalue weighted by Gasteiger charge is 2.31. The Labute approximate surface area is 112 Å². The van der Waals surface area contributed by atoms with E-state index in [4.69, 9.17) is 15.9 Å². The van der Waals surface area contributed by atoms with Crippen molar-refractivity contribution in [3.8, 4) is 0 Å². The summed E-state index contributed by atoms with van der Waals surface area (Å²) in [7, 11) is 1.91. The zero-order chi connectivity index (χ0) is 13.9. The van der Waals surface area contributed by atoms with Crippen LogP contribution in [0.1, 0.15) is 18.5 Å². The highest BCUT2D eigenvalue weighted by Crippen LogP contribution is 2.23. The second-order valence-electron chi connectivity index (χ2n) is 5.01. The SMILES string of the molecule is CN(CC1(O)CCOCC1)c1ccc(C(=N)N)nc1. The van der Waals surface area contributed by atoms with Gasteiger partial charge in [-0.25, -0.2) is 0 Å². The molecule has 1 saturated heterocycles. The standard InChI is InChI=1S/C13H20N4O2/c1-17(9-13(18)4-6-19-7-5-13)10-2-3-11(12(14)15)16-8-10/h2-3,8,18H,4-7,9H2,1H3,(H3,14,15). The number of amidine groups is 1. The van der Waals surface area contributed by atoms with Crippen LogP contribution in [0.15, 0.2) is 18.3 Å². The van der Waals surface area contributed by atoms with E-state index >= 15 is 0 Å². The molecule has 1 aromatic rings. The molecule has 0 saturated carbocycles. The Hall–Kier alpha value is -1.66. The van der Waals surface area contributed by atoms with Crippen LogP contribution in [0.3, 0.4) is 0 Å². The lowest BCUT2D eigenvalue weighted by Gasteiger charge is -2.36. The highest BCUT2D eigenvalue weighted by molar-refractivity contribution is 5.93. The fraction of sp³-hybridized carbons (Fsp3) is 0.538. The summed E-state index contributed by atoms with van der Waals surface area (Å²) in [5.74, 6) is -0.0442. The lowest BCUT2D eigenvalue weighted by atomic mass is 9.94. The van der Waals surface area contributed by atoms with Gasteiger partial charge in [-0.15, -0.1) is 0 Å². The Kier molecular flexibility index (Phi) is 4.01. The van der Waals surface area contributed by atoms with Crippen molar-refractivity contribution in [1.29, 1.82) is 5.41 Å². The molecule has 1 aliphatic rings. The summed E-state index contributed by atoms with van der Waals surface area (Å²) in [6.45, 7) is 1.75. The monoisotopic (exact) mass is 264 g/mol. The van der Waals surface area contributed by atoms with Crippen molar-refractivity contribution in [1.82, 2.24) is 4.98 Å². The molecular weight excluding hydrogens is 244 g/mol. The van der Waals surface area contributed by atoms with Gasteiger partial charge in [-0.1, -0.05) is 0 Å². The number of likely N-dealkylation sites (N-methyl/N-ethyl adjacent to an activating group) is 1. The molecule has 1 aromatic heterocycles. The molecule has 1 fully saturated rings. The molecule has 1 aliphatic heterocycles. The first-order valence-corrected chi connectivity index (χ1v) is 6.32. The number of aliphatic hydroxyl groups is 1. The summed E-state index contributed by atoms with van der Waals surface area (Å²) in [6, 6.07) is 3.56. The zero-order valence-corrected chi connectivity index (χ0v) is 11.1. The third-order valence-electron chi connectivity index (χ3n) is 3.42. The van der Waals surface area contributed by atoms with Crippen LogP contribution in [0, 0.1) is 5.41 Å². The number of aromatic nitrogens is 1. The van der Waals surface area contributed by atoms with Crippen LogP contribution in [-0.4, -0.2) is 48.3 Å². The smallest absolute Gasteiger partial charge is 0.141 e. The second kappa shape index (κ2) is 5.54. The maximum Gasteiger partial charge on any atom is 0.141 e. The number of hydrogen-bond donors (Lipinski definition) is 3. The van der Waals surface area contributed by atoms with Gasteiger partial charge in [0.05, 0.1) is 17.5 Å². The van der Waals surface area contributed by atoms with Crippen molar-refractivity contribution in [3.63, 3.8) is 0 Å². The van der Waals surface area contributed by atoms with E-state index < -0.39 is 5.60 Å². The van der Waals surface area contributed by atoms with Gasteiger partial charge in [0.2, 0.25) is 0 Å². The number of hydrogen-bond acceptors (Lipinski definition) is 5. The number of nitrogens with zero attached hydrogens (tertiary/aromatic N) is 2. The van der Waals surface area contributed by atoms with Crippen LogP contribution in [0.2, 0.25) is 0 Å². The van der Waals surface area contributed by atoms with Gasteiger partial charge in [0.25, 0.3) is 0 Å². The van der Waals surface area contributed by atoms with E-state index in [-0.39, 0.29) is 5.84 Å². The maximum absolute atomic E-state index is 10.4. The lowest BCUT2D eigenvalue weighted by Crippen LogP contribution is -2.45. The van der Waals surface area contributed by atoms with Crippen molar-refractivity contribution in [2.75, 3.05) is 31.7 Å². The molecule has 2 heterocycles. The summed E-state index contributed by atoms with van der Waals surface area (Å²) in [4.78, 5) is 6.08. The van der Waals surface area contributed by atoms with Gasteiger partial charge in [-0.2, -0.15) is 0 Å². The topological polar surface area (TPSA) is 95.5 Å². The molecule has 0 bridgehead atoms. The van der Waals surface area contributed by atoms with Crippen molar-refractivity contribution in [3.05, 3.63) is 24.0 Å². The molecule has 104 valence electrons.